The van der Waals surface area contributed by atoms with Gasteiger partial charge in [-0.1, -0.05) is 12.1 Å². The van der Waals surface area contributed by atoms with Crippen LogP contribution in [0.25, 0.3) is 0 Å². The highest BCUT2D eigenvalue weighted by molar-refractivity contribution is 5.68. The minimum Gasteiger partial charge on any atom is -0.444 e. The van der Waals surface area contributed by atoms with Crippen LogP contribution in [-0.4, -0.2) is 36.7 Å². The van der Waals surface area contributed by atoms with Crippen LogP contribution < -0.4 is 5.32 Å². The molecular formula is C18H27FN2O2. The molecule has 5 heteroatoms. The number of likely N-dealkylation sites (tertiary alicyclic amines) is 1. The Morgan fingerprint density at radius 1 is 1.43 bits per heavy atom. The minimum atomic E-state index is -0.481. The molecule has 1 amide bonds. The lowest BCUT2D eigenvalue weighted by Crippen LogP contribution is -2.36. The Morgan fingerprint density at radius 2 is 2.13 bits per heavy atom. The first-order chi connectivity index (χ1) is 10.7. The maximum absolute atomic E-state index is 13.5. The Morgan fingerprint density at radius 3 is 2.70 bits per heavy atom. The number of nitrogens with zero attached hydrogens (tertiary/aromatic N) is 1. The molecule has 1 aromatic carbocycles. The standard InChI is InChI=1S/C18H27FN2O2/c1-12-10-13(6-7-15(12)19)16(20-5)14-8-9-21(11-14)17(22)23-18(2,3)4/h6-7,10,14,16,20H,8-9,11H2,1-5H3. The van der Waals surface area contributed by atoms with Gasteiger partial charge in [0.05, 0.1) is 0 Å². The number of benzene rings is 1. The third kappa shape index (κ3) is 4.44. The van der Waals surface area contributed by atoms with Crippen LogP contribution in [0.15, 0.2) is 18.2 Å². The molecule has 0 radical (unpaired) electrons. The van der Waals surface area contributed by atoms with Crippen LogP contribution in [0.2, 0.25) is 0 Å². The van der Waals surface area contributed by atoms with Crippen LogP contribution in [0, 0.1) is 18.7 Å². The van der Waals surface area contributed by atoms with Crippen LogP contribution in [0.5, 0.6) is 0 Å². The highest BCUT2D eigenvalue weighted by atomic mass is 19.1. The summed E-state index contributed by atoms with van der Waals surface area (Å²) in [7, 11) is 1.90. The lowest BCUT2D eigenvalue weighted by atomic mass is 9.91. The predicted molar refractivity (Wildman–Crippen MR) is 88.9 cm³/mol. The average Bonchev–Trinajstić information content (AvgIpc) is 2.91. The van der Waals surface area contributed by atoms with Gasteiger partial charge >= 0.3 is 6.09 Å². The molecule has 1 heterocycles. The average molecular weight is 322 g/mol. The molecule has 1 aromatic rings. The van der Waals surface area contributed by atoms with E-state index < -0.39 is 5.60 Å². The van der Waals surface area contributed by atoms with E-state index in [9.17, 15) is 9.18 Å². The number of carbonyl (C=O) groups excluding carboxylic acids is 1. The summed E-state index contributed by atoms with van der Waals surface area (Å²) >= 11 is 0. The zero-order chi connectivity index (χ0) is 17.2. The van der Waals surface area contributed by atoms with Crippen molar-refractivity contribution in [3.63, 3.8) is 0 Å². The zero-order valence-corrected chi connectivity index (χ0v) is 14.6. The van der Waals surface area contributed by atoms with Crippen molar-refractivity contribution < 1.29 is 13.9 Å². The summed E-state index contributed by atoms with van der Waals surface area (Å²) in [5, 5.41) is 3.31. The van der Waals surface area contributed by atoms with Crippen molar-refractivity contribution in [3.8, 4) is 0 Å². The van der Waals surface area contributed by atoms with Crippen molar-refractivity contribution in [2.45, 2.75) is 45.8 Å². The number of nitrogens with one attached hydrogen (secondary N) is 1. The second kappa shape index (κ2) is 6.87. The molecule has 2 unspecified atom stereocenters. The quantitative estimate of drug-likeness (QED) is 0.923. The van der Waals surface area contributed by atoms with Crippen LogP contribution in [-0.2, 0) is 4.74 Å². The van der Waals surface area contributed by atoms with Crippen LogP contribution in [0.4, 0.5) is 9.18 Å². The highest BCUT2D eigenvalue weighted by Crippen LogP contribution is 2.31. The number of hydrogen-bond acceptors (Lipinski definition) is 3. The lowest BCUT2D eigenvalue weighted by Gasteiger charge is -2.26. The molecule has 0 aromatic heterocycles. The van der Waals surface area contributed by atoms with E-state index in [2.05, 4.69) is 5.32 Å². The molecule has 23 heavy (non-hydrogen) atoms. The van der Waals surface area contributed by atoms with Gasteiger partial charge in [-0.3, -0.25) is 0 Å². The molecule has 1 N–H and O–H groups in total. The second-order valence-corrected chi connectivity index (χ2v) is 7.25. The van der Waals surface area contributed by atoms with Crippen molar-refractivity contribution in [3.05, 3.63) is 35.1 Å². The fraction of sp³-hybridized carbons (Fsp3) is 0.611. The van der Waals surface area contributed by atoms with Crippen molar-refractivity contribution >= 4 is 6.09 Å². The number of amides is 1. The first kappa shape index (κ1) is 17.7. The molecule has 0 aliphatic carbocycles. The molecule has 2 rings (SSSR count). The SMILES string of the molecule is CNC(c1ccc(F)c(C)c1)C1CCN(C(=O)OC(C)(C)C)C1. The second-order valence-electron chi connectivity index (χ2n) is 7.25. The van der Waals surface area contributed by atoms with Crippen LogP contribution >= 0.6 is 0 Å². The Kier molecular flexibility index (Phi) is 5.30. The smallest absolute Gasteiger partial charge is 0.410 e. The molecule has 1 fully saturated rings. The first-order valence-corrected chi connectivity index (χ1v) is 8.12. The van der Waals surface area contributed by atoms with E-state index in [4.69, 9.17) is 4.74 Å². The number of carbonyl (C=O) groups is 1. The van der Waals surface area contributed by atoms with Crippen molar-refractivity contribution in [1.82, 2.24) is 10.2 Å². The third-order valence-electron chi connectivity index (χ3n) is 4.20. The van der Waals surface area contributed by atoms with Gasteiger partial charge in [-0.2, -0.15) is 0 Å². The van der Waals surface area contributed by atoms with Crippen LogP contribution in [0.1, 0.15) is 44.4 Å². The summed E-state index contributed by atoms with van der Waals surface area (Å²) in [5.74, 6) is 0.0998. The molecule has 1 saturated heterocycles. The van der Waals surface area contributed by atoms with Gasteiger partial charge in [0.1, 0.15) is 11.4 Å². The van der Waals surface area contributed by atoms with E-state index in [0.29, 0.717) is 18.7 Å². The highest BCUT2D eigenvalue weighted by Gasteiger charge is 2.34. The maximum atomic E-state index is 13.5. The van der Waals surface area contributed by atoms with E-state index in [1.807, 2.05) is 40.0 Å². The van der Waals surface area contributed by atoms with Crippen molar-refractivity contribution in [2.75, 3.05) is 20.1 Å². The van der Waals surface area contributed by atoms with Gasteiger partial charge in [0, 0.05) is 19.1 Å². The third-order valence-corrected chi connectivity index (χ3v) is 4.20. The topological polar surface area (TPSA) is 41.6 Å². The molecule has 128 valence electrons. The number of ether oxygens (including phenoxy) is 1. The summed E-state index contributed by atoms with van der Waals surface area (Å²) < 4.78 is 18.9. The fourth-order valence-corrected chi connectivity index (χ4v) is 3.09. The van der Waals surface area contributed by atoms with E-state index in [1.165, 1.54) is 6.07 Å². The number of hydrogen-bond donors (Lipinski definition) is 1. The lowest BCUT2D eigenvalue weighted by molar-refractivity contribution is 0.0285. The summed E-state index contributed by atoms with van der Waals surface area (Å²) in [5.41, 5.74) is 1.22. The molecular weight excluding hydrogens is 295 g/mol. The summed E-state index contributed by atoms with van der Waals surface area (Å²) in [4.78, 5) is 13.9. The van der Waals surface area contributed by atoms with Crippen molar-refractivity contribution in [1.29, 1.82) is 0 Å². The van der Waals surface area contributed by atoms with Gasteiger partial charge in [0.2, 0.25) is 0 Å². The number of halogens is 1. The molecule has 1 aliphatic rings. The van der Waals surface area contributed by atoms with Gasteiger partial charge < -0.3 is 15.0 Å². The molecule has 1 aliphatic heterocycles. The van der Waals surface area contributed by atoms with Crippen molar-refractivity contribution in [2.24, 2.45) is 5.92 Å². The van der Waals surface area contributed by atoms with E-state index >= 15 is 0 Å². The molecule has 0 spiro atoms. The Bertz CT molecular complexity index is 569. The first-order valence-electron chi connectivity index (χ1n) is 8.12. The van der Waals surface area contributed by atoms with Gasteiger partial charge in [-0.05, 0) is 64.3 Å². The van der Waals surface area contributed by atoms with Gasteiger partial charge in [0.15, 0.2) is 0 Å². The predicted octanol–water partition coefficient (Wildman–Crippen LogP) is 3.65. The molecule has 0 bridgehead atoms. The molecule has 2 atom stereocenters. The summed E-state index contributed by atoms with van der Waals surface area (Å²) in [6, 6.07) is 5.31. The van der Waals surface area contributed by atoms with E-state index in [1.54, 1.807) is 11.8 Å². The van der Waals surface area contributed by atoms with Gasteiger partial charge in [-0.25, -0.2) is 9.18 Å². The molecule has 4 nitrogen and oxygen atoms in total. The number of aryl methyl sites for hydroxylation is 1. The Hall–Kier alpha value is -1.62. The van der Waals surface area contributed by atoms with E-state index in [-0.39, 0.29) is 23.9 Å². The van der Waals surface area contributed by atoms with Gasteiger partial charge in [-0.15, -0.1) is 0 Å². The Balaban J connectivity index is 2.06. The van der Waals surface area contributed by atoms with Gasteiger partial charge in [0.25, 0.3) is 0 Å². The molecule has 0 saturated carbocycles. The normalized spacial score (nSPS) is 19.7. The van der Waals surface area contributed by atoms with E-state index in [0.717, 1.165) is 12.0 Å². The Labute approximate surface area is 138 Å². The summed E-state index contributed by atoms with van der Waals surface area (Å²) in [6.07, 6.45) is 0.645. The fourth-order valence-electron chi connectivity index (χ4n) is 3.09. The zero-order valence-electron chi connectivity index (χ0n) is 14.6. The summed E-state index contributed by atoms with van der Waals surface area (Å²) in [6.45, 7) is 8.73. The van der Waals surface area contributed by atoms with Crippen LogP contribution in [0.3, 0.4) is 0 Å². The number of rotatable bonds is 3. The largest absolute Gasteiger partial charge is 0.444 e. The maximum Gasteiger partial charge on any atom is 0.410 e. The monoisotopic (exact) mass is 322 g/mol. The minimum absolute atomic E-state index is 0.0988.